The SMILES string of the molecule is C#Cc1ccc(NC(=O)CCC(=O)O)cc1. The van der Waals surface area contributed by atoms with Crippen molar-refractivity contribution in [3.05, 3.63) is 29.8 Å². The van der Waals surface area contributed by atoms with E-state index >= 15 is 0 Å². The third-order valence-electron chi connectivity index (χ3n) is 1.90. The fraction of sp³-hybridized carbons (Fsp3) is 0.167. The smallest absolute Gasteiger partial charge is 0.303 e. The zero-order chi connectivity index (χ0) is 12.0. The van der Waals surface area contributed by atoms with Crippen LogP contribution in [0.1, 0.15) is 18.4 Å². The molecule has 0 aromatic heterocycles. The van der Waals surface area contributed by atoms with Crippen molar-refractivity contribution in [1.82, 2.24) is 0 Å². The highest BCUT2D eigenvalue weighted by Crippen LogP contribution is 2.09. The second-order valence-corrected chi connectivity index (χ2v) is 3.16. The van der Waals surface area contributed by atoms with E-state index in [0.29, 0.717) is 5.69 Å². The van der Waals surface area contributed by atoms with Gasteiger partial charge in [-0.2, -0.15) is 0 Å². The third-order valence-corrected chi connectivity index (χ3v) is 1.90. The van der Waals surface area contributed by atoms with Gasteiger partial charge in [0.2, 0.25) is 5.91 Å². The number of rotatable bonds is 4. The van der Waals surface area contributed by atoms with E-state index in [1.54, 1.807) is 24.3 Å². The summed E-state index contributed by atoms with van der Waals surface area (Å²) in [5.74, 6) is 1.15. The van der Waals surface area contributed by atoms with E-state index in [0.717, 1.165) is 5.56 Å². The van der Waals surface area contributed by atoms with Crippen LogP contribution in [-0.2, 0) is 9.59 Å². The van der Waals surface area contributed by atoms with Crippen molar-refractivity contribution in [2.45, 2.75) is 12.8 Å². The fourth-order valence-electron chi connectivity index (χ4n) is 1.09. The van der Waals surface area contributed by atoms with Gasteiger partial charge in [-0.25, -0.2) is 0 Å². The molecule has 0 aliphatic heterocycles. The van der Waals surface area contributed by atoms with E-state index in [9.17, 15) is 9.59 Å². The van der Waals surface area contributed by atoms with Gasteiger partial charge in [-0.15, -0.1) is 6.42 Å². The molecule has 1 rings (SSSR count). The van der Waals surface area contributed by atoms with Crippen LogP contribution in [-0.4, -0.2) is 17.0 Å². The van der Waals surface area contributed by atoms with Crippen molar-refractivity contribution in [3.63, 3.8) is 0 Å². The molecule has 0 spiro atoms. The van der Waals surface area contributed by atoms with Gasteiger partial charge >= 0.3 is 5.97 Å². The molecule has 0 atom stereocenters. The largest absolute Gasteiger partial charge is 0.481 e. The van der Waals surface area contributed by atoms with Gasteiger partial charge in [0.25, 0.3) is 0 Å². The second-order valence-electron chi connectivity index (χ2n) is 3.16. The molecule has 0 fully saturated rings. The Morgan fingerprint density at radius 1 is 1.25 bits per heavy atom. The number of carboxylic acid groups (broad SMARTS) is 1. The molecule has 0 unspecified atom stereocenters. The maximum Gasteiger partial charge on any atom is 0.303 e. The highest BCUT2D eigenvalue weighted by molar-refractivity contribution is 5.92. The first kappa shape index (κ1) is 11.8. The molecule has 1 aromatic rings. The van der Waals surface area contributed by atoms with Crippen LogP contribution in [0, 0.1) is 12.3 Å². The van der Waals surface area contributed by atoms with Crippen LogP contribution in [0.15, 0.2) is 24.3 Å². The monoisotopic (exact) mass is 217 g/mol. The molecular formula is C12H11NO3. The zero-order valence-electron chi connectivity index (χ0n) is 8.56. The molecular weight excluding hydrogens is 206 g/mol. The highest BCUT2D eigenvalue weighted by atomic mass is 16.4. The number of amides is 1. The Kier molecular flexibility index (Phi) is 4.10. The van der Waals surface area contributed by atoms with Gasteiger partial charge in [0, 0.05) is 17.7 Å². The summed E-state index contributed by atoms with van der Waals surface area (Å²) in [6, 6.07) is 6.75. The number of aliphatic carboxylic acids is 1. The Labute approximate surface area is 93.3 Å². The first-order valence-electron chi connectivity index (χ1n) is 4.70. The van der Waals surface area contributed by atoms with Crippen molar-refractivity contribution in [1.29, 1.82) is 0 Å². The Balaban J connectivity index is 2.50. The minimum absolute atomic E-state index is 0.0355. The lowest BCUT2D eigenvalue weighted by Crippen LogP contribution is -2.13. The third kappa shape index (κ3) is 3.84. The lowest BCUT2D eigenvalue weighted by atomic mass is 10.2. The molecule has 0 saturated carbocycles. The summed E-state index contributed by atoms with van der Waals surface area (Å²) >= 11 is 0. The Hall–Kier alpha value is -2.28. The summed E-state index contributed by atoms with van der Waals surface area (Å²) in [7, 11) is 0. The van der Waals surface area contributed by atoms with Gasteiger partial charge in [-0.3, -0.25) is 9.59 Å². The number of carbonyl (C=O) groups excluding carboxylic acids is 1. The molecule has 2 N–H and O–H groups in total. The maximum absolute atomic E-state index is 11.3. The predicted molar refractivity (Wildman–Crippen MR) is 59.9 cm³/mol. The first-order chi connectivity index (χ1) is 7.61. The van der Waals surface area contributed by atoms with Crippen LogP contribution in [0.5, 0.6) is 0 Å². The molecule has 82 valence electrons. The van der Waals surface area contributed by atoms with Crippen LogP contribution in [0.25, 0.3) is 0 Å². The molecule has 0 saturated heterocycles. The van der Waals surface area contributed by atoms with Crippen LogP contribution < -0.4 is 5.32 Å². The number of benzene rings is 1. The minimum atomic E-state index is -0.988. The second kappa shape index (κ2) is 5.56. The van der Waals surface area contributed by atoms with E-state index in [1.165, 1.54) is 0 Å². The van der Waals surface area contributed by atoms with Crippen molar-refractivity contribution < 1.29 is 14.7 Å². The average molecular weight is 217 g/mol. The van der Waals surface area contributed by atoms with E-state index in [-0.39, 0.29) is 18.7 Å². The van der Waals surface area contributed by atoms with Crippen molar-refractivity contribution in [3.8, 4) is 12.3 Å². The summed E-state index contributed by atoms with van der Waals surface area (Å²) in [6.45, 7) is 0. The molecule has 16 heavy (non-hydrogen) atoms. The number of carbonyl (C=O) groups is 2. The van der Waals surface area contributed by atoms with Crippen LogP contribution in [0.4, 0.5) is 5.69 Å². The lowest BCUT2D eigenvalue weighted by Gasteiger charge is -2.03. The van der Waals surface area contributed by atoms with Gasteiger partial charge in [-0.05, 0) is 24.3 Å². The van der Waals surface area contributed by atoms with Crippen LogP contribution >= 0.6 is 0 Å². The van der Waals surface area contributed by atoms with E-state index in [2.05, 4.69) is 11.2 Å². The summed E-state index contributed by atoms with van der Waals surface area (Å²) in [5, 5.41) is 11.0. The number of hydrogen-bond acceptors (Lipinski definition) is 2. The topological polar surface area (TPSA) is 66.4 Å². The maximum atomic E-state index is 11.3. The molecule has 1 aromatic carbocycles. The Morgan fingerprint density at radius 3 is 2.38 bits per heavy atom. The van der Waals surface area contributed by atoms with Gasteiger partial charge < -0.3 is 10.4 Å². The number of carboxylic acids is 1. The van der Waals surface area contributed by atoms with Crippen molar-refractivity contribution >= 4 is 17.6 Å². The quantitative estimate of drug-likeness (QED) is 0.750. The number of nitrogens with one attached hydrogen (secondary N) is 1. The average Bonchev–Trinajstić information content (AvgIpc) is 2.27. The first-order valence-corrected chi connectivity index (χ1v) is 4.70. The van der Waals surface area contributed by atoms with E-state index in [4.69, 9.17) is 11.5 Å². The predicted octanol–water partition coefficient (Wildman–Crippen LogP) is 1.47. The van der Waals surface area contributed by atoms with Crippen LogP contribution in [0.2, 0.25) is 0 Å². The van der Waals surface area contributed by atoms with Crippen molar-refractivity contribution in [2.75, 3.05) is 5.32 Å². The number of terminal acetylenes is 1. The molecule has 0 radical (unpaired) electrons. The summed E-state index contributed by atoms with van der Waals surface area (Å²) in [6.07, 6.45) is 4.97. The van der Waals surface area contributed by atoms with Gasteiger partial charge in [0.1, 0.15) is 0 Å². The zero-order valence-corrected chi connectivity index (χ0v) is 8.56. The summed E-state index contributed by atoms with van der Waals surface area (Å²) < 4.78 is 0. The Morgan fingerprint density at radius 2 is 1.88 bits per heavy atom. The molecule has 1 amide bonds. The molecule has 0 aliphatic rings. The summed E-state index contributed by atoms with van der Waals surface area (Å²) in [5.41, 5.74) is 1.33. The molecule has 0 bridgehead atoms. The highest BCUT2D eigenvalue weighted by Gasteiger charge is 2.05. The summed E-state index contributed by atoms with van der Waals surface area (Å²) in [4.78, 5) is 21.5. The molecule has 0 aliphatic carbocycles. The van der Waals surface area contributed by atoms with E-state index < -0.39 is 5.97 Å². The standard InChI is InChI=1S/C12H11NO3/c1-2-9-3-5-10(6-4-9)13-11(14)7-8-12(15)16/h1,3-6H,7-8H2,(H,13,14)(H,15,16). The number of hydrogen-bond donors (Lipinski definition) is 2. The normalized spacial score (nSPS) is 9.19. The van der Waals surface area contributed by atoms with E-state index in [1.807, 2.05) is 0 Å². The minimum Gasteiger partial charge on any atom is -0.481 e. The molecule has 4 heteroatoms. The molecule has 4 nitrogen and oxygen atoms in total. The lowest BCUT2D eigenvalue weighted by molar-refractivity contribution is -0.138. The van der Waals surface area contributed by atoms with Crippen LogP contribution in [0.3, 0.4) is 0 Å². The van der Waals surface area contributed by atoms with Gasteiger partial charge in [0.05, 0.1) is 6.42 Å². The Bertz CT molecular complexity index is 429. The van der Waals surface area contributed by atoms with Crippen molar-refractivity contribution in [2.24, 2.45) is 0 Å². The fourth-order valence-corrected chi connectivity index (χ4v) is 1.09. The molecule has 0 heterocycles. The van der Waals surface area contributed by atoms with Gasteiger partial charge in [0.15, 0.2) is 0 Å². The van der Waals surface area contributed by atoms with Gasteiger partial charge in [-0.1, -0.05) is 5.92 Å². The number of anilines is 1.